The normalized spacial score (nSPS) is 11.4. The van der Waals surface area contributed by atoms with Crippen LogP contribution in [0.1, 0.15) is 6.42 Å². The number of carbonyl (C=O) groups is 2. The molecule has 8 N–H and O–H groups in total. The summed E-state index contributed by atoms with van der Waals surface area (Å²) < 4.78 is 0. The van der Waals surface area contributed by atoms with E-state index in [0.29, 0.717) is 0 Å². The van der Waals surface area contributed by atoms with Gasteiger partial charge in [-0.05, 0) is 0 Å². The minimum atomic E-state index is -1.27. The molecule has 0 amide bonds. The third-order valence-corrected chi connectivity index (χ3v) is 0.878. The van der Waals surface area contributed by atoms with Gasteiger partial charge in [-0.25, -0.2) is 5.43 Å². The van der Waals surface area contributed by atoms with E-state index in [9.17, 15) is 9.59 Å². The van der Waals surface area contributed by atoms with E-state index in [1.807, 2.05) is 5.43 Å². The maximum absolute atomic E-state index is 10.1. The first-order chi connectivity index (χ1) is 4.57. The highest BCUT2D eigenvalue weighted by molar-refractivity contribution is 5.80. The average Bonchev–Trinajstić information content (AvgIpc) is 1.81. The summed E-state index contributed by atoms with van der Waals surface area (Å²) in [5, 5.41) is 16.3. The number of nitrogens with one attached hydrogen (secondary N) is 1. The molecule has 1 unspecified atom stereocenters. The predicted octanol–water partition coefficient (Wildman–Crippen LogP) is -1.46. The predicted molar refractivity (Wildman–Crippen MR) is 36.0 cm³/mol. The van der Waals surface area contributed by atoms with Crippen molar-refractivity contribution < 1.29 is 19.8 Å². The van der Waals surface area contributed by atoms with Crippen molar-refractivity contribution in [2.45, 2.75) is 12.5 Å². The molecule has 0 aromatic rings. The van der Waals surface area contributed by atoms with Gasteiger partial charge in [0.05, 0.1) is 6.42 Å². The van der Waals surface area contributed by atoms with E-state index in [4.69, 9.17) is 16.1 Å². The Bertz CT molecular complexity index is 148. The van der Waals surface area contributed by atoms with Crippen LogP contribution in [-0.4, -0.2) is 28.2 Å². The van der Waals surface area contributed by atoms with E-state index < -0.39 is 24.4 Å². The third kappa shape index (κ3) is 5.27. The van der Waals surface area contributed by atoms with Crippen LogP contribution in [-0.2, 0) is 9.59 Å². The van der Waals surface area contributed by atoms with Gasteiger partial charge >= 0.3 is 11.9 Å². The van der Waals surface area contributed by atoms with Crippen LogP contribution in [0.25, 0.3) is 0 Å². The molecule has 0 aromatic carbocycles. The summed E-state index contributed by atoms with van der Waals surface area (Å²) in [6.07, 6.45) is -0.522. The smallest absolute Gasteiger partial charge is 0.322 e. The first-order valence-electron chi connectivity index (χ1n) is 2.48. The van der Waals surface area contributed by atoms with Crippen molar-refractivity contribution in [3.63, 3.8) is 0 Å². The fourth-order valence-electron chi connectivity index (χ4n) is 0.392. The molecule has 0 aliphatic carbocycles. The van der Waals surface area contributed by atoms with Crippen molar-refractivity contribution in [3.8, 4) is 0 Å². The maximum Gasteiger partial charge on any atom is 0.322 e. The zero-order valence-corrected chi connectivity index (χ0v) is 5.78. The zero-order valence-electron chi connectivity index (χ0n) is 5.78. The number of carboxylic acids is 2. The van der Waals surface area contributed by atoms with Gasteiger partial charge in [-0.3, -0.25) is 15.4 Å². The van der Waals surface area contributed by atoms with Crippen molar-refractivity contribution in [3.05, 3.63) is 0 Å². The standard InChI is InChI=1S/C4H8N2O4.H3N/c5-6-2(4(9)10)1-3(7)8;/h2,6H,1,5H2,(H,7,8)(H,9,10);1H3. The second-order valence-electron chi connectivity index (χ2n) is 1.66. The monoisotopic (exact) mass is 165 g/mol. The van der Waals surface area contributed by atoms with Crippen LogP contribution >= 0.6 is 0 Å². The lowest BCUT2D eigenvalue weighted by atomic mass is 10.2. The van der Waals surface area contributed by atoms with E-state index in [1.165, 1.54) is 0 Å². The lowest BCUT2D eigenvalue weighted by Crippen LogP contribution is -2.42. The van der Waals surface area contributed by atoms with Gasteiger partial charge < -0.3 is 16.4 Å². The van der Waals surface area contributed by atoms with Crippen LogP contribution in [0.15, 0.2) is 0 Å². The van der Waals surface area contributed by atoms with Gasteiger partial charge in [0.1, 0.15) is 6.04 Å². The number of hydrazine groups is 1. The van der Waals surface area contributed by atoms with Gasteiger partial charge in [0.25, 0.3) is 0 Å². The van der Waals surface area contributed by atoms with Gasteiger partial charge in [0, 0.05) is 0 Å². The fraction of sp³-hybridized carbons (Fsp3) is 0.500. The van der Waals surface area contributed by atoms with Crippen molar-refractivity contribution >= 4 is 11.9 Å². The molecule has 0 spiro atoms. The average molecular weight is 165 g/mol. The number of aliphatic carboxylic acids is 2. The molecule has 0 aliphatic heterocycles. The summed E-state index contributed by atoms with van der Waals surface area (Å²) >= 11 is 0. The summed E-state index contributed by atoms with van der Waals surface area (Å²) in [6, 6.07) is -1.21. The molecule has 7 nitrogen and oxygen atoms in total. The van der Waals surface area contributed by atoms with Gasteiger partial charge in [-0.2, -0.15) is 0 Å². The highest BCUT2D eigenvalue weighted by Gasteiger charge is 2.18. The van der Waals surface area contributed by atoms with Crippen LogP contribution in [0.4, 0.5) is 0 Å². The zero-order chi connectivity index (χ0) is 8.15. The van der Waals surface area contributed by atoms with Gasteiger partial charge in [0.15, 0.2) is 0 Å². The molecule has 1 atom stereocenters. The van der Waals surface area contributed by atoms with Crippen molar-refractivity contribution in [2.75, 3.05) is 0 Å². The molecule has 0 saturated carbocycles. The molecule has 0 rings (SSSR count). The molecule has 0 radical (unpaired) electrons. The lowest BCUT2D eigenvalue weighted by Gasteiger charge is -2.05. The minimum absolute atomic E-state index is 0. The van der Waals surface area contributed by atoms with Crippen LogP contribution < -0.4 is 17.4 Å². The third-order valence-electron chi connectivity index (χ3n) is 0.878. The van der Waals surface area contributed by atoms with Crippen LogP contribution in [0.3, 0.4) is 0 Å². The molecule has 11 heavy (non-hydrogen) atoms. The number of hydrogen-bond acceptors (Lipinski definition) is 5. The van der Waals surface area contributed by atoms with E-state index in [2.05, 4.69) is 0 Å². The molecule has 7 heteroatoms. The van der Waals surface area contributed by atoms with Crippen LogP contribution in [0.5, 0.6) is 0 Å². The number of nitrogens with two attached hydrogens (primary N) is 1. The van der Waals surface area contributed by atoms with Crippen molar-refractivity contribution in [2.24, 2.45) is 5.84 Å². The Morgan fingerprint density at radius 3 is 2.00 bits per heavy atom. The quantitative estimate of drug-likeness (QED) is 0.252. The summed E-state index contributed by atoms with van der Waals surface area (Å²) in [6.45, 7) is 0. The molecular weight excluding hydrogens is 154 g/mol. The van der Waals surface area contributed by atoms with E-state index in [-0.39, 0.29) is 6.15 Å². The summed E-state index contributed by atoms with van der Waals surface area (Å²) in [4.78, 5) is 20.0. The highest BCUT2D eigenvalue weighted by atomic mass is 16.4. The molecule has 0 fully saturated rings. The second-order valence-corrected chi connectivity index (χ2v) is 1.66. The van der Waals surface area contributed by atoms with Gasteiger partial charge in [-0.15, -0.1) is 0 Å². The Morgan fingerprint density at radius 1 is 1.45 bits per heavy atom. The minimum Gasteiger partial charge on any atom is -0.481 e. The summed E-state index contributed by atoms with van der Waals surface area (Å²) in [7, 11) is 0. The number of rotatable bonds is 4. The SMILES string of the molecule is N.NNC(CC(=O)O)C(=O)O. The Hall–Kier alpha value is -1.18. The summed E-state index contributed by atoms with van der Waals surface area (Å²) in [5.41, 5.74) is 1.85. The lowest BCUT2D eigenvalue weighted by molar-refractivity contribution is -0.145. The Labute approximate surface area is 62.7 Å². The second kappa shape index (κ2) is 5.59. The van der Waals surface area contributed by atoms with Crippen LogP contribution in [0, 0.1) is 0 Å². The van der Waals surface area contributed by atoms with Gasteiger partial charge in [0.2, 0.25) is 0 Å². The Balaban J connectivity index is 0. The molecular formula is C4H11N3O4. The highest BCUT2D eigenvalue weighted by Crippen LogP contribution is 1.89. The first kappa shape index (κ1) is 12.5. The van der Waals surface area contributed by atoms with E-state index in [0.717, 1.165) is 0 Å². The fourth-order valence-corrected chi connectivity index (χ4v) is 0.392. The Morgan fingerprint density at radius 2 is 1.91 bits per heavy atom. The molecule has 0 aliphatic rings. The topological polar surface area (TPSA) is 148 Å². The largest absolute Gasteiger partial charge is 0.481 e. The number of hydrogen-bond donors (Lipinski definition) is 5. The maximum atomic E-state index is 10.1. The molecule has 0 heterocycles. The number of carboxylic acid groups (broad SMARTS) is 2. The Kier molecular flexibility index (Phi) is 6.35. The van der Waals surface area contributed by atoms with E-state index in [1.54, 1.807) is 0 Å². The van der Waals surface area contributed by atoms with Crippen molar-refractivity contribution in [1.29, 1.82) is 0 Å². The molecule has 0 aromatic heterocycles. The summed E-state index contributed by atoms with van der Waals surface area (Å²) in [5.74, 6) is 2.25. The van der Waals surface area contributed by atoms with Crippen molar-refractivity contribution in [1.82, 2.24) is 11.6 Å². The molecule has 0 saturated heterocycles. The van der Waals surface area contributed by atoms with E-state index >= 15 is 0 Å². The first-order valence-corrected chi connectivity index (χ1v) is 2.48. The molecule has 0 bridgehead atoms. The van der Waals surface area contributed by atoms with Crippen LogP contribution in [0.2, 0.25) is 0 Å². The molecule has 66 valence electrons. The van der Waals surface area contributed by atoms with Gasteiger partial charge in [-0.1, -0.05) is 0 Å².